The van der Waals surface area contributed by atoms with Crippen molar-refractivity contribution >= 4 is 45.7 Å². The van der Waals surface area contributed by atoms with E-state index in [2.05, 4.69) is 18.7 Å². The molecule has 0 saturated carbocycles. The molecule has 0 radical (unpaired) electrons. The van der Waals surface area contributed by atoms with E-state index in [1.165, 1.54) is 0 Å². The van der Waals surface area contributed by atoms with Gasteiger partial charge in [-0.05, 0) is 12.5 Å². The standard InChI is InChI=1S/C9H7ClS2/c1-5-2-3-6-7(11)4-12-9(6)8(5)10/h2-4,11H,1H3. The molecule has 62 valence electrons. The van der Waals surface area contributed by atoms with Crippen LogP contribution in [0.3, 0.4) is 0 Å². The molecule has 0 amide bonds. The normalized spacial score (nSPS) is 10.9. The molecular formula is C9H7ClS2. The molecule has 1 aromatic heterocycles. The van der Waals surface area contributed by atoms with Gasteiger partial charge in [-0.2, -0.15) is 0 Å². The third-order valence-electron chi connectivity index (χ3n) is 1.85. The molecule has 0 aliphatic heterocycles. The second-order valence-electron chi connectivity index (χ2n) is 2.69. The Labute approximate surface area is 85.6 Å². The summed E-state index contributed by atoms with van der Waals surface area (Å²) in [6.07, 6.45) is 0. The minimum Gasteiger partial charge on any atom is -0.142 e. The summed E-state index contributed by atoms with van der Waals surface area (Å²) in [6.45, 7) is 2.01. The van der Waals surface area contributed by atoms with Crippen molar-refractivity contribution in [2.45, 2.75) is 11.8 Å². The molecule has 1 aromatic carbocycles. The van der Waals surface area contributed by atoms with Gasteiger partial charge in [-0.3, -0.25) is 0 Å². The number of fused-ring (bicyclic) bond motifs is 1. The molecule has 3 heteroatoms. The van der Waals surface area contributed by atoms with Gasteiger partial charge >= 0.3 is 0 Å². The Morgan fingerprint density at radius 3 is 2.92 bits per heavy atom. The molecule has 0 bridgehead atoms. The molecule has 0 unspecified atom stereocenters. The highest BCUT2D eigenvalue weighted by atomic mass is 35.5. The predicted molar refractivity (Wildman–Crippen MR) is 58.8 cm³/mol. The maximum atomic E-state index is 6.12. The van der Waals surface area contributed by atoms with E-state index in [9.17, 15) is 0 Å². The number of thiophene rings is 1. The summed E-state index contributed by atoms with van der Waals surface area (Å²) in [5.41, 5.74) is 1.12. The summed E-state index contributed by atoms with van der Waals surface area (Å²) in [5.74, 6) is 0. The highest BCUT2D eigenvalue weighted by Gasteiger charge is 2.05. The molecule has 0 nitrogen and oxygen atoms in total. The third-order valence-corrected chi connectivity index (χ3v) is 4.01. The summed E-state index contributed by atoms with van der Waals surface area (Å²) in [4.78, 5) is 1.01. The van der Waals surface area contributed by atoms with Crippen LogP contribution in [-0.4, -0.2) is 0 Å². The van der Waals surface area contributed by atoms with Gasteiger partial charge in [0, 0.05) is 15.7 Å². The van der Waals surface area contributed by atoms with Crippen LogP contribution < -0.4 is 0 Å². The van der Waals surface area contributed by atoms with E-state index in [0.29, 0.717) is 0 Å². The quantitative estimate of drug-likeness (QED) is 0.626. The van der Waals surface area contributed by atoms with Gasteiger partial charge < -0.3 is 0 Å². The molecule has 2 rings (SSSR count). The lowest BCUT2D eigenvalue weighted by Crippen LogP contribution is -1.73. The van der Waals surface area contributed by atoms with E-state index in [1.807, 2.05) is 18.4 Å². The first-order valence-corrected chi connectivity index (χ1v) is 5.26. The van der Waals surface area contributed by atoms with Gasteiger partial charge in [0.25, 0.3) is 0 Å². The van der Waals surface area contributed by atoms with Crippen molar-refractivity contribution in [3.8, 4) is 0 Å². The van der Waals surface area contributed by atoms with Crippen LogP contribution in [0.1, 0.15) is 5.56 Å². The molecule has 0 spiro atoms. The fourth-order valence-corrected chi connectivity index (χ4v) is 2.79. The number of hydrogen-bond acceptors (Lipinski definition) is 2. The first-order chi connectivity index (χ1) is 5.70. The van der Waals surface area contributed by atoms with E-state index in [4.69, 9.17) is 11.6 Å². The first-order valence-electron chi connectivity index (χ1n) is 3.55. The lowest BCUT2D eigenvalue weighted by Gasteiger charge is -1.98. The van der Waals surface area contributed by atoms with Crippen LogP contribution in [0.5, 0.6) is 0 Å². The van der Waals surface area contributed by atoms with E-state index in [1.54, 1.807) is 11.3 Å². The smallest absolute Gasteiger partial charge is 0.0613 e. The lowest BCUT2D eigenvalue weighted by atomic mass is 10.2. The third kappa shape index (κ3) is 1.15. The number of rotatable bonds is 0. The average molecular weight is 215 g/mol. The van der Waals surface area contributed by atoms with Gasteiger partial charge in [0.05, 0.1) is 9.72 Å². The Morgan fingerprint density at radius 2 is 2.17 bits per heavy atom. The van der Waals surface area contributed by atoms with Gasteiger partial charge in [0.15, 0.2) is 0 Å². The van der Waals surface area contributed by atoms with Crippen LogP contribution in [-0.2, 0) is 0 Å². The van der Waals surface area contributed by atoms with Crippen LogP contribution in [0.25, 0.3) is 10.1 Å². The number of halogens is 1. The second kappa shape index (κ2) is 2.95. The average Bonchev–Trinajstić information content (AvgIpc) is 2.41. The molecule has 0 aliphatic rings. The van der Waals surface area contributed by atoms with Crippen LogP contribution in [0.4, 0.5) is 0 Å². The van der Waals surface area contributed by atoms with Crippen molar-refractivity contribution < 1.29 is 0 Å². The summed E-state index contributed by atoms with van der Waals surface area (Å²) < 4.78 is 1.14. The summed E-state index contributed by atoms with van der Waals surface area (Å²) in [7, 11) is 0. The number of thiol groups is 1. The van der Waals surface area contributed by atoms with Gasteiger partial charge in [-0.25, -0.2) is 0 Å². The molecular weight excluding hydrogens is 208 g/mol. The maximum Gasteiger partial charge on any atom is 0.0613 e. The largest absolute Gasteiger partial charge is 0.142 e. The van der Waals surface area contributed by atoms with Gasteiger partial charge in [0.1, 0.15) is 0 Å². The topological polar surface area (TPSA) is 0 Å². The molecule has 2 aromatic rings. The second-order valence-corrected chi connectivity index (χ2v) is 4.43. The molecule has 0 aliphatic carbocycles. The molecule has 0 fully saturated rings. The van der Waals surface area contributed by atoms with Crippen molar-refractivity contribution in [3.63, 3.8) is 0 Å². The molecule has 0 atom stereocenters. The van der Waals surface area contributed by atoms with E-state index >= 15 is 0 Å². The zero-order valence-electron chi connectivity index (χ0n) is 6.47. The Morgan fingerprint density at radius 1 is 1.42 bits per heavy atom. The minimum atomic E-state index is 0.859. The van der Waals surface area contributed by atoms with E-state index < -0.39 is 0 Å². The minimum absolute atomic E-state index is 0.859. The highest BCUT2D eigenvalue weighted by molar-refractivity contribution is 7.80. The number of benzene rings is 1. The van der Waals surface area contributed by atoms with E-state index in [-0.39, 0.29) is 0 Å². The zero-order chi connectivity index (χ0) is 8.72. The monoisotopic (exact) mass is 214 g/mol. The van der Waals surface area contributed by atoms with Gasteiger partial charge in [0.2, 0.25) is 0 Å². The van der Waals surface area contributed by atoms with Crippen LogP contribution in [0.15, 0.2) is 22.4 Å². The van der Waals surface area contributed by atoms with Crippen LogP contribution >= 0.6 is 35.6 Å². The van der Waals surface area contributed by atoms with Crippen molar-refractivity contribution in [1.82, 2.24) is 0 Å². The Kier molecular flexibility index (Phi) is 2.07. The van der Waals surface area contributed by atoms with Crippen molar-refractivity contribution in [3.05, 3.63) is 28.1 Å². The van der Waals surface area contributed by atoms with Crippen molar-refractivity contribution in [2.75, 3.05) is 0 Å². The molecule has 0 N–H and O–H groups in total. The number of aryl methyl sites for hydroxylation is 1. The predicted octanol–water partition coefficient (Wildman–Crippen LogP) is 4.15. The van der Waals surface area contributed by atoms with Crippen LogP contribution in [0, 0.1) is 6.92 Å². The Balaban J connectivity index is 2.93. The van der Waals surface area contributed by atoms with Gasteiger partial charge in [-0.1, -0.05) is 23.7 Å². The SMILES string of the molecule is Cc1ccc2c(S)csc2c1Cl. The van der Waals surface area contributed by atoms with E-state index in [0.717, 1.165) is 25.6 Å². The van der Waals surface area contributed by atoms with Crippen LogP contribution in [0.2, 0.25) is 5.02 Å². The Hall–Kier alpha value is -0.180. The van der Waals surface area contributed by atoms with Gasteiger partial charge in [-0.15, -0.1) is 24.0 Å². The Bertz CT molecular complexity index is 431. The summed E-state index contributed by atoms with van der Waals surface area (Å²) in [5, 5.41) is 4.02. The summed E-state index contributed by atoms with van der Waals surface area (Å²) in [6, 6.07) is 4.09. The zero-order valence-corrected chi connectivity index (χ0v) is 8.93. The highest BCUT2D eigenvalue weighted by Crippen LogP contribution is 2.35. The molecule has 12 heavy (non-hydrogen) atoms. The summed E-state index contributed by atoms with van der Waals surface area (Å²) >= 11 is 12.1. The maximum absolute atomic E-state index is 6.12. The van der Waals surface area contributed by atoms with Crippen molar-refractivity contribution in [2.24, 2.45) is 0 Å². The molecule has 1 heterocycles. The lowest BCUT2D eigenvalue weighted by molar-refractivity contribution is 1.51. The fourth-order valence-electron chi connectivity index (χ4n) is 1.15. The van der Waals surface area contributed by atoms with Crippen molar-refractivity contribution in [1.29, 1.82) is 0 Å². The number of hydrogen-bond donors (Lipinski definition) is 1. The first kappa shape index (κ1) is 8.42. The molecule has 0 saturated heterocycles. The fraction of sp³-hybridized carbons (Fsp3) is 0.111.